The zero-order chi connectivity index (χ0) is 15.0. The minimum absolute atomic E-state index is 0.0950. The molecule has 2 aromatic carbocycles. The van der Waals surface area contributed by atoms with Crippen molar-refractivity contribution in [1.29, 1.82) is 0 Å². The van der Waals surface area contributed by atoms with E-state index in [1.807, 2.05) is 31.3 Å². The number of fused-ring (bicyclic) bond motifs is 1. The summed E-state index contributed by atoms with van der Waals surface area (Å²) in [4.78, 5) is 16.4. The van der Waals surface area contributed by atoms with Gasteiger partial charge in [0, 0.05) is 24.6 Å². The summed E-state index contributed by atoms with van der Waals surface area (Å²) >= 11 is 3.20. The first-order valence-corrected chi connectivity index (χ1v) is 7.44. The van der Waals surface area contributed by atoms with Gasteiger partial charge >= 0.3 is 0 Å². The molecule has 0 unspecified atom stereocenters. The van der Waals surface area contributed by atoms with Crippen LogP contribution in [0.5, 0.6) is 0 Å². The quantitative estimate of drug-likeness (QED) is 0.784. The summed E-state index contributed by atoms with van der Waals surface area (Å²) in [6.07, 6.45) is 0. The number of amides is 1. The maximum atomic E-state index is 14.0. The molecule has 1 aliphatic rings. The molecule has 0 aliphatic carbocycles. The third kappa shape index (κ3) is 2.53. The standard InChI is InChI=1S/C16H14BrFN2O/c1-19-8-9-20(15-5-3-2-4-14(15)19)16(21)12-7-6-11(17)10-13(12)18/h2-7,10H,8-9H2,1H3. The van der Waals surface area contributed by atoms with E-state index in [9.17, 15) is 9.18 Å². The SMILES string of the molecule is CN1CCN(C(=O)c2ccc(Br)cc2F)c2ccccc21. The first-order valence-electron chi connectivity index (χ1n) is 6.65. The fourth-order valence-electron chi connectivity index (χ4n) is 2.53. The Labute approximate surface area is 131 Å². The number of anilines is 2. The third-order valence-electron chi connectivity index (χ3n) is 3.65. The van der Waals surface area contributed by atoms with E-state index in [0.29, 0.717) is 11.0 Å². The van der Waals surface area contributed by atoms with Crippen molar-refractivity contribution in [3.8, 4) is 0 Å². The Kier molecular flexibility index (Phi) is 3.68. The van der Waals surface area contributed by atoms with Crippen molar-refractivity contribution >= 4 is 33.2 Å². The molecular weight excluding hydrogens is 335 g/mol. The zero-order valence-electron chi connectivity index (χ0n) is 11.5. The minimum atomic E-state index is -0.509. The Morgan fingerprint density at radius 3 is 2.57 bits per heavy atom. The smallest absolute Gasteiger partial charge is 0.261 e. The summed E-state index contributed by atoms with van der Waals surface area (Å²) in [6, 6.07) is 12.2. The van der Waals surface area contributed by atoms with E-state index in [1.54, 1.807) is 11.0 Å². The van der Waals surface area contributed by atoms with Crippen LogP contribution in [0.3, 0.4) is 0 Å². The predicted molar refractivity (Wildman–Crippen MR) is 85.5 cm³/mol. The number of likely N-dealkylation sites (N-methyl/N-ethyl adjacent to an activating group) is 1. The number of hydrogen-bond acceptors (Lipinski definition) is 2. The second-order valence-corrected chi connectivity index (χ2v) is 5.91. The second kappa shape index (κ2) is 5.48. The molecule has 108 valence electrons. The number of hydrogen-bond donors (Lipinski definition) is 0. The maximum Gasteiger partial charge on any atom is 0.261 e. The van der Waals surface area contributed by atoms with Crippen molar-refractivity contribution in [3.05, 3.63) is 58.3 Å². The minimum Gasteiger partial charge on any atom is -0.371 e. The van der Waals surface area contributed by atoms with Gasteiger partial charge in [0.25, 0.3) is 5.91 Å². The second-order valence-electron chi connectivity index (χ2n) is 4.99. The average molecular weight is 349 g/mol. The third-order valence-corrected chi connectivity index (χ3v) is 4.14. The molecule has 3 nitrogen and oxygen atoms in total. The molecule has 0 fully saturated rings. The van der Waals surface area contributed by atoms with Gasteiger partial charge in [-0.05, 0) is 30.3 Å². The normalized spacial score (nSPS) is 14.0. The Morgan fingerprint density at radius 2 is 1.86 bits per heavy atom. The van der Waals surface area contributed by atoms with Crippen molar-refractivity contribution in [2.75, 3.05) is 29.9 Å². The van der Waals surface area contributed by atoms with Gasteiger partial charge in [0.15, 0.2) is 0 Å². The summed E-state index contributed by atoms with van der Waals surface area (Å²) < 4.78 is 14.6. The van der Waals surface area contributed by atoms with Crippen LogP contribution in [0.2, 0.25) is 0 Å². The van der Waals surface area contributed by atoms with Crippen LogP contribution in [-0.2, 0) is 0 Å². The molecule has 0 spiro atoms. The number of carbonyl (C=O) groups is 1. The lowest BCUT2D eigenvalue weighted by atomic mass is 10.1. The molecule has 1 amide bonds. The van der Waals surface area contributed by atoms with Gasteiger partial charge in [0.1, 0.15) is 5.82 Å². The highest BCUT2D eigenvalue weighted by atomic mass is 79.9. The van der Waals surface area contributed by atoms with E-state index < -0.39 is 5.82 Å². The summed E-state index contributed by atoms with van der Waals surface area (Å²) in [5.41, 5.74) is 1.89. The molecule has 0 radical (unpaired) electrons. The highest BCUT2D eigenvalue weighted by Crippen LogP contribution is 2.33. The van der Waals surface area contributed by atoms with Gasteiger partial charge in [-0.1, -0.05) is 28.1 Å². The number of nitrogens with zero attached hydrogens (tertiary/aromatic N) is 2. The van der Waals surface area contributed by atoms with Crippen molar-refractivity contribution < 1.29 is 9.18 Å². The maximum absolute atomic E-state index is 14.0. The average Bonchev–Trinajstić information content (AvgIpc) is 2.47. The Morgan fingerprint density at radius 1 is 1.14 bits per heavy atom. The van der Waals surface area contributed by atoms with Gasteiger partial charge < -0.3 is 9.80 Å². The van der Waals surface area contributed by atoms with Crippen molar-refractivity contribution in [2.24, 2.45) is 0 Å². The fourth-order valence-corrected chi connectivity index (χ4v) is 2.86. The Balaban J connectivity index is 2.01. The monoisotopic (exact) mass is 348 g/mol. The molecule has 0 aromatic heterocycles. The number of halogens is 2. The van der Waals surface area contributed by atoms with E-state index in [0.717, 1.165) is 17.9 Å². The molecule has 21 heavy (non-hydrogen) atoms. The molecule has 2 aromatic rings. The molecule has 0 bridgehead atoms. The molecule has 5 heteroatoms. The zero-order valence-corrected chi connectivity index (χ0v) is 13.1. The van der Waals surface area contributed by atoms with E-state index in [-0.39, 0.29) is 11.5 Å². The van der Waals surface area contributed by atoms with Crippen LogP contribution in [0.25, 0.3) is 0 Å². The number of carbonyl (C=O) groups excluding carboxylic acids is 1. The van der Waals surface area contributed by atoms with E-state index >= 15 is 0 Å². The van der Waals surface area contributed by atoms with Crippen LogP contribution in [0.4, 0.5) is 15.8 Å². The van der Waals surface area contributed by atoms with Crippen LogP contribution < -0.4 is 9.80 Å². The largest absolute Gasteiger partial charge is 0.371 e. The van der Waals surface area contributed by atoms with E-state index in [1.165, 1.54) is 12.1 Å². The van der Waals surface area contributed by atoms with Crippen LogP contribution in [0, 0.1) is 5.82 Å². The topological polar surface area (TPSA) is 23.6 Å². The van der Waals surface area contributed by atoms with Crippen molar-refractivity contribution in [2.45, 2.75) is 0 Å². The number of para-hydroxylation sites is 2. The van der Waals surface area contributed by atoms with Crippen molar-refractivity contribution in [3.63, 3.8) is 0 Å². The molecule has 0 saturated heterocycles. The molecular formula is C16H14BrFN2O. The summed E-state index contributed by atoms with van der Waals surface area (Å²) in [5, 5.41) is 0. The highest BCUT2D eigenvalue weighted by Gasteiger charge is 2.27. The predicted octanol–water partition coefficient (Wildman–Crippen LogP) is 3.68. The lowest BCUT2D eigenvalue weighted by molar-refractivity contribution is 0.0983. The molecule has 0 atom stereocenters. The van der Waals surface area contributed by atoms with Crippen LogP contribution in [0.1, 0.15) is 10.4 Å². The first-order chi connectivity index (χ1) is 10.1. The van der Waals surface area contributed by atoms with Gasteiger partial charge in [-0.15, -0.1) is 0 Å². The van der Waals surface area contributed by atoms with E-state index in [2.05, 4.69) is 20.8 Å². The fraction of sp³-hybridized carbons (Fsp3) is 0.188. The van der Waals surface area contributed by atoms with Gasteiger partial charge in [-0.25, -0.2) is 4.39 Å². The van der Waals surface area contributed by atoms with Crippen LogP contribution >= 0.6 is 15.9 Å². The Bertz CT molecular complexity index is 704. The van der Waals surface area contributed by atoms with Crippen LogP contribution in [-0.4, -0.2) is 26.0 Å². The van der Waals surface area contributed by atoms with Crippen molar-refractivity contribution in [1.82, 2.24) is 0 Å². The molecule has 1 aliphatic heterocycles. The number of rotatable bonds is 1. The van der Waals surface area contributed by atoms with Gasteiger partial charge in [-0.2, -0.15) is 0 Å². The van der Waals surface area contributed by atoms with Gasteiger partial charge in [0.2, 0.25) is 0 Å². The molecule has 3 rings (SSSR count). The Hall–Kier alpha value is -1.88. The van der Waals surface area contributed by atoms with Gasteiger partial charge in [-0.3, -0.25) is 4.79 Å². The molecule has 0 N–H and O–H groups in total. The van der Waals surface area contributed by atoms with E-state index in [4.69, 9.17) is 0 Å². The molecule has 0 saturated carbocycles. The number of benzene rings is 2. The first kappa shape index (κ1) is 14.1. The van der Waals surface area contributed by atoms with Crippen LogP contribution in [0.15, 0.2) is 46.9 Å². The summed E-state index contributed by atoms with van der Waals surface area (Å²) in [5.74, 6) is -0.814. The van der Waals surface area contributed by atoms with Gasteiger partial charge in [0.05, 0.1) is 16.9 Å². The lowest BCUT2D eigenvalue weighted by Crippen LogP contribution is -2.42. The molecule has 1 heterocycles. The summed E-state index contributed by atoms with van der Waals surface area (Å²) in [6.45, 7) is 1.27. The lowest BCUT2D eigenvalue weighted by Gasteiger charge is -2.35. The summed E-state index contributed by atoms with van der Waals surface area (Å²) in [7, 11) is 1.99. The highest BCUT2D eigenvalue weighted by molar-refractivity contribution is 9.10.